The quantitative estimate of drug-likeness (QED) is 0.0261. The van der Waals surface area contributed by atoms with Crippen LogP contribution >= 0.6 is 0 Å². The van der Waals surface area contributed by atoms with Gasteiger partial charge in [0.05, 0.1) is 0 Å². The topological polar surface area (TPSA) is 78.9 Å². The first-order chi connectivity index (χ1) is 40.5. The Morgan fingerprint density at radius 3 is 0.817 bits per heavy atom. The Hall–Kier alpha value is -4.45. The average Bonchev–Trinajstić information content (AvgIpc) is 3.48. The maximum atomic E-state index is 12.9. The summed E-state index contributed by atoms with van der Waals surface area (Å²) in [6.45, 7) is 6.46. The number of unbranched alkanes of at least 4 members (excludes halogenated alkanes) is 28. The molecule has 466 valence electrons. The Morgan fingerprint density at radius 2 is 0.488 bits per heavy atom. The van der Waals surface area contributed by atoms with E-state index in [1.54, 1.807) is 0 Å². The Morgan fingerprint density at radius 1 is 0.256 bits per heavy atom. The van der Waals surface area contributed by atoms with E-state index in [0.29, 0.717) is 25.7 Å². The van der Waals surface area contributed by atoms with Gasteiger partial charge in [0.2, 0.25) is 0 Å². The molecule has 1 unspecified atom stereocenters. The lowest BCUT2D eigenvalue weighted by atomic mass is 10.0. The van der Waals surface area contributed by atoms with Gasteiger partial charge in [0, 0.05) is 19.3 Å². The molecule has 0 aliphatic rings. The molecular weight excluding hydrogens is 1010 g/mol. The van der Waals surface area contributed by atoms with Crippen molar-refractivity contribution in [1.29, 1.82) is 0 Å². The highest BCUT2D eigenvalue weighted by Crippen LogP contribution is 2.16. The van der Waals surface area contributed by atoms with Crippen molar-refractivity contribution in [3.63, 3.8) is 0 Å². The molecule has 0 N–H and O–H groups in total. The van der Waals surface area contributed by atoms with Crippen molar-refractivity contribution in [3.8, 4) is 0 Å². The molecular formula is C76H126O6. The van der Waals surface area contributed by atoms with Gasteiger partial charge in [0.15, 0.2) is 6.10 Å². The highest BCUT2D eigenvalue weighted by molar-refractivity contribution is 5.71. The van der Waals surface area contributed by atoms with E-state index in [4.69, 9.17) is 14.2 Å². The molecule has 0 heterocycles. The number of hydrogen-bond donors (Lipinski definition) is 0. The Balaban J connectivity index is 4.44. The summed E-state index contributed by atoms with van der Waals surface area (Å²) in [7, 11) is 0. The molecule has 0 aromatic carbocycles. The smallest absolute Gasteiger partial charge is 0.306 e. The number of allylic oxidation sites excluding steroid dienone is 22. The second-order valence-electron chi connectivity index (χ2n) is 22.3. The lowest BCUT2D eigenvalue weighted by Crippen LogP contribution is -2.30. The molecule has 0 aliphatic heterocycles. The van der Waals surface area contributed by atoms with Crippen LogP contribution in [0.4, 0.5) is 0 Å². The van der Waals surface area contributed by atoms with Crippen LogP contribution in [0.3, 0.4) is 0 Å². The summed E-state index contributed by atoms with van der Waals surface area (Å²) >= 11 is 0. The zero-order chi connectivity index (χ0) is 59.2. The van der Waals surface area contributed by atoms with Gasteiger partial charge in [-0.3, -0.25) is 14.4 Å². The predicted molar refractivity (Wildman–Crippen MR) is 357 cm³/mol. The van der Waals surface area contributed by atoms with E-state index in [-0.39, 0.29) is 31.1 Å². The van der Waals surface area contributed by atoms with Gasteiger partial charge < -0.3 is 14.2 Å². The van der Waals surface area contributed by atoms with Crippen molar-refractivity contribution >= 4 is 17.9 Å². The second-order valence-corrected chi connectivity index (χ2v) is 22.3. The molecule has 0 bridgehead atoms. The molecule has 82 heavy (non-hydrogen) atoms. The number of hydrogen-bond acceptors (Lipinski definition) is 6. The van der Waals surface area contributed by atoms with Crippen LogP contribution in [0.1, 0.15) is 310 Å². The molecule has 0 aromatic rings. The monoisotopic (exact) mass is 1130 g/mol. The zero-order valence-electron chi connectivity index (χ0n) is 53.5. The van der Waals surface area contributed by atoms with Crippen LogP contribution < -0.4 is 0 Å². The van der Waals surface area contributed by atoms with Gasteiger partial charge >= 0.3 is 17.9 Å². The fraction of sp³-hybridized carbons (Fsp3) is 0.671. The molecule has 0 aliphatic carbocycles. The fourth-order valence-corrected chi connectivity index (χ4v) is 9.24. The van der Waals surface area contributed by atoms with E-state index < -0.39 is 6.10 Å². The third-order valence-electron chi connectivity index (χ3n) is 14.4. The molecule has 0 aromatic heterocycles. The lowest BCUT2D eigenvalue weighted by molar-refractivity contribution is -0.167. The van der Waals surface area contributed by atoms with E-state index in [2.05, 4.69) is 154 Å². The van der Waals surface area contributed by atoms with E-state index in [1.165, 1.54) is 135 Å². The SMILES string of the molecule is CC/C=C\C/C=C\C/C=C\C/C=C\C/C=C\C/C=C\C/C=C\C/C=C\CCCCC(=O)OCC(COC(=O)CCCCCCC/C=C\C/C=C\CCCC)OC(=O)CCCCCCCCCCCCC/C=C\CCCCCCCCCC. The minimum absolute atomic E-state index is 0.102. The minimum Gasteiger partial charge on any atom is -0.462 e. The van der Waals surface area contributed by atoms with Crippen LogP contribution in [-0.4, -0.2) is 37.2 Å². The van der Waals surface area contributed by atoms with E-state index in [1.807, 2.05) is 0 Å². The minimum atomic E-state index is -0.809. The van der Waals surface area contributed by atoms with Gasteiger partial charge in [0.1, 0.15) is 13.2 Å². The average molecular weight is 1140 g/mol. The third kappa shape index (κ3) is 66.4. The normalized spacial score (nSPS) is 13.0. The second kappa shape index (κ2) is 69.0. The molecule has 0 saturated heterocycles. The fourth-order valence-electron chi connectivity index (χ4n) is 9.24. The summed E-state index contributed by atoms with van der Waals surface area (Å²) < 4.78 is 16.9. The van der Waals surface area contributed by atoms with Crippen LogP contribution in [0.15, 0.2) is 134 Å². The molecule has 0 saturated carbocycles. The highest BCUT2D eigenvalue weighted by atomic mass is 16.6. The summed E-state index contributed by atoms with van der Waals surface area (Å²) in [5.74, 6) is -0.955. The summed E-state index contributed by atoms with van der Waals surface area (Å²) in [6, 6.07) is 0. The molecule has 0 amide bonds. The number of carbonyl (C=O) groups excluding carboxylic acids is 3. The van der Waals surface area contributed by atoms with Crippen molar-refractivity contribution in [3.05, 3.63) is 134 Å². The highest BCUT2D eigenvalue weighted by Gasteiger charge is 2.19. The molecule has 0 rings (SSSR count). The summed E-state index contributed by atoms with van der Waals surface area (Å²) in [5, 5.41) is 0. The van der Waals surface area contributed by atoms with Gasteiger partial charge in [-0.05, 0) is 135 Å². The van der Waals surface area contributed by atoms with Crippen LogP contribution in [0.5, 0.6) is 0 Å². The van der Waals surface area contributed by atoms with E-state index in [0.717, 1.165) is 128 Å². The summed E-state index contributed by atoms with van der Waals surface area (Å²) in [5.41, 5.74) is 0. The maximum absolute atomic E-state index is 12.9. The van der Waals surface area contributed by atoms with Gasteiger partial charge in [-0.15, -0.1) is 0 Å². The Kier molecular flexibility index (Phi) is 65.3. The van der Waals surface area contributed by atoms with Crippen LogP contribution in [0, 0.1) is 0 Å². The van der Waals surface area contributed by atoms with E-state index >= 15 is 0 Å². The van der Waals surface area contributed by atoms with Gasteiger partial charge in [0.25, 0.3) is 0 Å². The van der Waals surface area contributed by atoms with Crippen LogP contribution in [-0.2, 0) is 28.6 Å². The first kappa shape index (κ1) is 77.5. The molecule has 0 fully saturated rings. The zero-order valence-corrected chi connectivity index (χ0v) is 53.5. The van der Waals surface area contributed by atoms with Crippen molar-refractivity contribution in [2.75, 3.05) is 13.2 Å². The molecule has 0 spiro atoms. The predicted octanol–water partition coefficient (Wildman–Crippen LogP) is 23.7. The number of esters is 3. The number of ether oxygens (including phenoxy) is 3. The largest absolute Gasteiger partial charge is 0.462 e. The Bertz CT molecular complexity index is 1730. The van der Waals surface area contributed by atoms with Crippen LogP contribution in [0.25, 0.3) is 0 Å². The first-order valence-electron chi connectivity index (χ1n) is 34.2. The summed E-state index contributed by atoms with van der Waals surface area (Å²) in [4.78, 5) is 38.4. The van der Waals surface area contributed by atoms with Crippen LogP contribution in [0.2, 0.25) is 0 Å². The number of carbonyl (C=O) groups is 3. The number of rotatable bonds is 61. The third-order valence-corrected chi connectivity index (χ3v) is 14.4. The van der Waals surface area contributed by atoms with Crippen molar-refractivity contribution in [1.82, 2.24) is 0 Å². The molecule has 1 atom stereocenters. The van der Waals surface area contributed by atoms with E-state index in [9.17, 15) is 14.4 Å². The van der Waals surface area contributed by atoms with Gasteiger partial charge in [-0.1, -0.05) is 289 Å². The molecule has 6 heteroatoms. The standard InChI is InChI=1S/C76H126O6/c1-4-7-10-13-16-19-22-25-28-30-32-34-36-37-38-39-41-42-44-46-48-51-54-57-60-63-66-69-75(78)81-72-73(71-80-74(77)68-65-62-59-56-53-50-27-24-21-18-15-12-9-6-3)82-76(79)70-67-64-61-58-55-52-49-47-45-43-40-35-33-31-29-26-23-20-17-14-11-8-5-2/h7,10,15-16,18-19,24-25,27-28,31-34,37-38,41-42,46,48,54,57,73H,4-6,8-9,11-14,17,20-23,26,29-30,35-36,39-40,43-45,47,49-53,55-56,58-72H2,1-3H3/b10-7-,18-15-,19-16-,27-24-,28-25-,33-31-,34-32-,38-37-,42-41-,48-46-,57-54-. The van der Waals surface area contributed by atoms with Gasteiger partial charge in [-0.2, -0.15) is 0 Å². The lowest BCUT2D eigenvalue weighted by Gasteiger charge is -2.18. The summed E-state index contributed by atoms with van der Waals surface area (Å²) in [6.07, 6.45) is 97.5. The maximum Gasteiger partial charge on any atom is 0.306 e. The molecule has 0 radical (unpaired) electrons. The van der Waals surface area contributed by atoms with Gasteiger partial charge in [-0.25, -0.2) is 0 Å². The van der Waals surface area contributed by atoms with Crippen molar-refractivity contribution in [2.45, 2.75) is 316 Å². The first-order valence-corrected chi connectivity index (χ1v) is 34.2. The molecule has 6 nitrogen and oxygen atoms in total. The van der Waals surface area contributed by atoms with Crippen molar-refractivity contribution in [2.24, 2.45) is 0 Å². The Labute approximate surface area is 506 Å². The van der Waals surface area contributed by atoms with Crippen molar-refractivity contribution < 1.29 is 28.6 Å².